The molecule has 0 amide bonds. The summed E-state index contributed by atoms with van der Waals surface area (Å²) in [5.41, 5.74) is 3.64. The van der Waals surface area contributed by atoms with Gasteiger partial charge in [-0.15, -0.1) is 0 Å². The smallest absolute Gasteiger partial charge is 0.288 e. The van der Waals surface area contributed by atoms with Gasteiger partial charge in [-0.1, -0.05) is 29.8 Å². The van der Waals surface area contributed by atoms with Crippen molar-refractivity contribution in [3.8, 4) is 5.75 Å². The Hall–Kier alpha value is -2.71. The second-order valence-corrected chi connectivity index (χ2v) is 5.31. The van der Waals surface area contributed by atoms with Gasteiger partial charge in [0.05, 0.1) is 23.9 Å². The molecule has 0 aliphatic rings. The second-order valence-electron chi connectivity index (χ2n) is 4.49. The molecular formula is C15H13ClN4O3S. The number of thiocarbonyl (C=S) groups is 1. The molecule has 0 saturated heterocycles. The van der Waals surface area contributed by atoms with Crippen LogP contribution in [0.1, 0.15) is 5.56 Å². The van der Waals surface area contributed by atoms with Gasteiger partial charge >= 0.3 is 0 Å². The summed E-state index contributed by atoms with van der Waals surface area (Å²) in [6.07, 6.45) is 1.40. The van der Waals surface area contributed by atoms with E-state index in [9.17, 15) is 10.1 Å². The summed E-state index contributed by atoms with van der Waals surface area (Å²) in [4.78, 5) is 10.3. The lowest BCUT2D eigenvalue weighted by Gasteiger charge is -2.10. The van der Waals surface area contributed by atoms with Gasteiger partial charge in [0, 0.05) is 11.6 Å². The van der Waals surface area contributed by atoms with Crippen molar-refractivity contribution in [3.63, 3.8) is 0 Å². The van der Waals surface area contributed by atoms with E-state index in [-0.39, 0.29) is 15.8 Å². The number of para-hydroxylation sites is 2. The van der Waals surface area contributed by atoms with Crippen LogP contribution in [0.3, 0.4) is 0 Å². The summed E-state index contributed by atoms with van der Waals surface area (Å²) in [5.74, 6) is 0.638. The number of hydrazone groups is 1. The Morgan fingerprint density at radius 1 is 1.38 bits per heavy atom. The highest BCUT2D eigenvalue weighted by Crippen LogP contribution is 2.24. The number of hydrogen-bond donors (Lipinski definition) is 2. The van der Waals surface area contributed by atoms with Gasteiger partial charge in [0.2, 0.25) is 0 Å². The van der Waals surface area contributed by atoms with Gasteiger partial charge in [-0.3, -0.25) is 15.5 Å². The van der Waals surface area contributed by atoms with Crippen LogP contribution in [-0.4, -0.2) is 23.4 Å². The quantitative estimate of drug-likeness (QED) is 0.365. The van der Waals surface area contributed by atoms with Gasteiger partial charge in [-0.2, -0.15) is 5.10 Å². The molecule has 2 N–H and O–H groups in total. The third-order valence-corrected chi connectivity index (χ3v) is 3.41. The monoisotopic (exact) mass is 364 g/mol. The standard InChI is InChI=1S/C15H13ClN4O3S/c1-23-14-5-3-2-4-12(14)18-15(24)19-17-9-10-6-7-11(16)13(8-10)20(21)22/h2-9H,1H3,(H2,18,19,24)/b17-9-. The van der Waals surface area contributed by atoms with E-state index in [0.29, 0.717) is 17.0 Å². The maximum atomic E-state index is 10.8. The number of rotatable bonds is 5. The van der Waals surface area contributed by atoms with Crippen molar-refractivity contribution in [1.82, 2.24) is 5.43 Å². The summed E-state index contributed by atoms with van der Waals surface area (Å²) in [7, 11) is 1.56. The minimum absolute atomic E-state index is 0.0680. The molecule has 2 aromatic rings. The first-order valence-electron chi connectivity index (χ1n) is 6.68. The van der Waals surface area contributed by atoms with Gasteiger partial charge in [0.1, 0.15) is 10.8 Å². The van der Waals surface area contributed by atoms with Gasteiger partial charge in [-0.25, -0.2) is 0 Å². The molecule has 124 valence electrons. The molecule has 2 rings (SSSR count). The van der Waals surface area contributed by atoms with Crippen molar-refractivity contribution in [3.05, 3.63) is 63.2 Å². The summed E-state index contributed by atoms with van der Waals surface area (Å²) in [6, 6.07) is 11.6. The fraction of sp³-hybridized carbons (Fsp3) is 0.0667. The minimum Gasteiger partial charge on any atom is -0.495 e. The topological polar surface area (TPSA) is 88.8 Å². The molecule has 0 aromatic heterocycles. The van der Waals surface area contributed by atoms with Crippen molar-refractivity contribution in [2.45, 2.75) is 0 Å². The van der Waals surface area contributed by atoms with Gasteiger partial charge < -0.3 is 10.1 Å². The number of anilines is 1. The number of methoxy groups -OCH3 is 1. The van der Waals surface area contributed by atoms with Crippen LogP contribution < -0.4 is 15.5 Å². The number of ether oxygens (including phenoxy) is 1. The minimum atomic E-state index is -0.555. The lowest BCUT2D eigenvalue weighted by atomic mass is 10.2. The maximum Gasteiger partial charge on any atom is 0.288 e. The molecule has 0 radical (unpaired) electrons. The van der Waals surface area contributed by atoms with Gasteiger partial charge in [0.25, 0.3) is 5.69 Å². The normalized spacial score (nSPS) is 10.4. The molecule has 0 aliphatic carbocycles. The second kappa shape index (κ2) is 8.23. The van der Waals surface area contributed by atoms with E-state index < -0.39 is 4.92 Å². The van der Waals surface area contributed by atoms with E-state index in [0.717, 1.165) is 0 Å². The zero-order chi connectivity index (χ0) is 17.5. The van der Waals surface area contributed by atoms with Crippen molar-refractivity contribution < 1.29 is 9.66 Å². The summed E-state index contributed by atoms with van der Waals surface area (Å²) < 4.78 is 5.20. The van der Waals surface area contributed by atoms with Crippen LogP contribution >= 0.6 is 23.8 Å². The Bertz CT molecular complexity index is 798. The number of nitro benzene ring substituents is 1. The van der Waals surface area contributed by atoms with Crippen LogP contribution in [0.15, 0.2) is 47.6 Å². The zero-order valence-corrected chi connectivity index (χ0v) is 14.1. The number of halogens is 1. The van der Waals surface area contributed by atoms with Crippen LogP contribution in [0.2, 0.25) is 5.02 Å². The highest BCUT2D eigenvalue weighted by Gasteiger charge is 2.11. The molecule has 0 fully saturated rings. The lowest BCUT2D eigenvalue weighted by Crippen LogP contribution is -2.24. The predicted octanol–water partition coefficient (Wildman–Crippen LogP) is 3.58. The van der Waals surface area contributed by atoms with E-state index >= 15 is 0 Å². The molecule has 0 atom stereocenters. The number of nitrogens with zero attached hydrogens (tertiary/aromatic N) is 2. The predicted molar refractivity (Wildman–Crippen MR) is 98.1 cm³/mol. The van der Waals surface area contributed by atoms with E-state index in [2.05, 4.69) is 15.8 Å². The summed E-state index contributed by atoms with van der Waals surface area (Å²) >= 11 is 10.9. The molecule has 7 nitrogen and oxygen atoms in total. The Balaban J connectivity index is 2.00. The van der Waals surface area contributed by atoms with Crippen molar-refractivity contribution in [2.24, 2.45) is 5.10 Å². The fourth-order valence-corrected chi connectivity index (χ4v) is 2.16. The molecule has 0 unspecified atom stereocenters. The lowest BCUT2D eigenvalue weighted by molar-refractivity contribution is -0.384. The molecule has 0 saturated carbocycles. The third-order valence-electron chi connectivity index (χ3n) is 2.90. The van der Waals surface area contributed by atoms with Crippen LogP contribution in [0.5, 0.6) is 5.75 Å². The Morgan fingerprint density at radius 3 is 2.83 bits per heavy atom. The maximum absolute atomic E-state index is 10.8. The number of nitro groups is 1. The SMILES string of the molecule is COc1ccccc1NC(=S)N/N=C\c1ccc(Cl)c([N+](=O)[O-])c1. The van der Waals surface area contributed by atoms with Gasteiger partial charge in [0.15, 0.2) is 5.11 Å². The molecule has 0 spiro atoms. The molecule has 2 aromatic carbocycles. The van der Waals surface area contributed by atoms with Crippen LogP contribution in [0.25, 0.3) is 0 Å². The van der Waals surface area contributed by atoms with Crippen molar-refractivity contribution >= 4 is 46.5 Å². The zero-order valence-electron chi connectivity index (χ0n) is 12.5. The average Bonchev–Trinajstić information content (AvgIpc) is 2.56. The number of nitrogens with one attached hydrogen (secondary N) is 2. The molecule has 9 heteroatoms. The Morgan fingerprint density at radius 2 is 2.12 bits per heavy atom. The fourth-order valence-electron chi connectivity index (χ4n) is 1.81. The van der Waals surface area contributed by atoms with Crippen LogP contribution in [0, 0.1) is 10.1 Å². The number of benzene rings is 2. The molecular weight excluding hydrogens is 352 g/mol. The molecule has 24 heavy (non-hydrogen) atoms. The van der Waals surface area contributed by atoms with E-state index in [4.69, 9.17) is 28.6 Å². The first-order valence-corrected chi connectivity index (χ1v) is 7.47. The van der Waals surface area contributed by atoms with Crippen LogP contribution in [0.4, 0.5) is 11.4 Å². The summed E-state index contributed by atoms with van der Waals surface area (Å²) in [5, 5.41) is 18.0. The molecule has 0 bridgehead atoms. The Labute approximate surface area is 148 Å². The first kappa shape index (κ1) is 17.6. The highest BCUT2D eigenvalue weighted by molar-refractivity contribution is 7.80. The van der Waals surface area contributed by atoms with Crippen molar-refractivity contribution in [1.29, 1.82) is 0 Å². The van der Waals surface area contributed by atoms with Crippen molar-refractivity contribution in [2.75, 3.05) is 12.4 Å². The average molecular weight is 365 g/mol. The largest absolute Gasteiger partial charge is 0.495 e. The molecule has 0 aliphatic heterocycles. The highest BCUT2D eigenvalue weighted by atomic mass is 35.5. The Kier molecular flexibility index (Phi) is 6.05. The third kappa shape index (κ3) is 4.64. The van der Waals surface area contributed by atoms with E-state index in [1.165, 1.54) is 18.3 Å². The van der Waals surface area contributed by atoms with Crippen LogP contribution in [-0.2, 0) is 0 Å². The first-order chi connectivity index (χ1) is 11.5. The molecule has 0 heterocycles. The number of hydrogen-bond acceptors (Lipinski definition) is 5. The van der Waals surface area contributed by atoms with E-state index in [1.807, 2.05) is 12.1 Å². The van der Waals surface area contributed by atoms with E-state index in [1.54, 1.807) is 25.3 Å². The van der Waals surface area contributed by atoms with Gasteiger partial charge in [-0.05, 0) is 30.4 Å². The summed E-state index contributed by atoms with van der Waals surface area (Å²) in [6.45, 7) is 0.